The third-order valence-electron chi connectivity index (χ3n) is 3.76. The summed E-state index contributed by atoms with van der Waals surface area (Å²) in [4.78, 5) is 12.1. The molecule has 128 valence electrons. The van der Waals surface area contributed by atoms with Crippen LogP contribution < -0.4 is 10.1 Å². The van der Waals surface area contributed by atoms with E-state index in [0.717, 1.165) is 11.3 Å². The fourth-order valence-electron chi connectivity index (χ4n) is 2.57. The molecule has 0 spiro atoms. The van der Waals surface area contributed by atoms with Crippen molar-refractivity contribution in [3.8, 4) is 17.1 Å². The molecule has 3 rings (SSSR count). The molecule has 1 aliphatic heterocycles. The molecule has 8 heteroatoms. The van der Waals surface area contributed by atoms with Crippen molar-refractivity contribution in [2.75, 3.05) is 18.1 Å². The molecule has 0 unspecified atom stereocenters. The Bertz CT molecular complexity index is 826. The number of carbonyl (C=O) groups is 1. The molecule has 1 aromatic heterocycles. The van der Waals surface area contributed by atoms with Crippen LogP contribution in [0, 0.1) is 0 Å². The second-order valence-electron chi connectivity index (χ2n) is 5.61. The number of aromatic nitrogens is 1. The second-order valence-corrected chi connectivity index (χ2v) is 7.84. The van der Waals surface area contributed by atoms with Crippen molar-refractivity contribution < 1.29 is 22.5 Å². The van der Waals surface area contributed by atoms with Gasteiger partial charge in [0.1, 0.15) is 5.75 Å². The van der Waals surface area contributed by atoms with Gasteiger partial charge >= 0.3 is 0 Å². The predicted octanol–water partition coefficient (Wildman–Crippen LogP) is 1.66. The summed E-state index contributed by atoms with van der Waals surface area (Å²) in [5.41, 5.74) is 0.900. The molecule has 24 heavy (non-hydrogen) atoms. The van der Waals surface area contributed by atoms with Crippen LogP contribution in [-0.4, -0.2) is 43.6 Å². The van der Waals surface area contributed by atoms with Gasteiger partial charge in [-0.3, -0.25) is 4.79 Å². The maximum Gasteiger partial charge on any atom is 0.273 e. The Hall–Kier alpha value is -2.35. The maximum atomic E-state index is 12.1. The third kappa shape index (κ3) is 3.76. The zero-order valence-electron chi connectivity index (χ0n) is 13.2. The molecule has 0 radical (unpaired) electrons. The average molecular weight is 350 g/mol. The van der Waals surface area contributed by atoms with Crippen molar-refractivity contribution in [2.24, 2.45) is 0 Å². The van der Waals surface area contributed by atoms with E-state index in [1.165, 1.54) is 6.07 Å². The van der Waals surface area contributed by atoms with E-state index in [1.807, 2.05) is 31.2 Å². The molecule has 1 aliphatic rings. The Morgan fingerprint density at radius 1 is 1.38 bits per heavy atom. The monoisotopic (exact) mass is 350 g/mol. The van der Waals surface area contributed by atoms with E-state index >= 15 is 0 Å². The quantitative estimate of drug-likeness (QED) is 0.880. The number of benzene rings is 1. The first-order valence-corrected chi connectivity index (χ1v) is 9.50. The molecule has 2 heterocycles. The highest BCUT2D eigenvalue weighted by Crippen LogP contribution is 2.23. The predicted molar refractivity (Wildman–Crippen MR) is 87.6 cm³/mol. The molecular formula is C16H18N2O5S. The summed E-state index contributed by atoms with van der Waals surface area (Å²) in [5.74, 6) is 0.859. The molecule has 0 saturated carbocycles. The number of hydrogen-bond donors (Lipinski definition) is 1. The average Bonchev–Trinajstić information content (AvgIpc) is 3.15. The summed E-state index contributed by atoms with van der Waals surface area (Å²) in [6.07, 6.45) is 0.428. The molecule has 1 N–H and O–H groups in total. The lowest BCUT2D eigenvalue weighted by molar-refractivity contribution is 0.0932. The highest BCUT2D eigenvalue weighted by Gasteiger charge is 2.29. The number of nitrogens with zero attached hydrogens (tertiary/aromatic N) is 1. The van der Waals surface area contributed by atoms with Gasteiger partial charge < -0.3 is 14.6 Å². The number of sulfone groups is 1. The number of nitrogens with one attached hydrogen (secondary N) is 1. The largest absolute Gasteiger partial charge is 0.494 e. The number of ether oxygens (including phenoxy) is 1. The van der Waals surface area contributed by atoms with Crippen LogP contribution in [0.2, 0.25) is 0 Å². The number of carbonyl (C=O) groups excluding carboxylic acids is 1. The molecule has 1 saturated heterocycles. The van der Waals surface area contributed by atoms with Crippen molar-refractivity contribution in [1.29, 1.82) is 0 Å². The van der Waals surface area contributed by atoms with E-state index in [4.69, 9.17) is 9.26 Å². The number of hydrogen-bond acceptors (Lipinski definition) is 6. The molecule has 1 aromatic carbocycles. The van der Waals surface area contributed by atoms with Gasteiger partial charge in [0.25, 0.3) is 5.91 Å². The summed E-state index contributed by atoms with van der Waals surface area (Å²) < 4.78 is 33.4. The first kappa shape index (κ1) is 16.5. The van der Waals surface area contributed by atoms with Crippen molar-refractivity contribution >= 4 is 15.7 Å². The molecule has 0 aliphatic carbocycles. The topological polar surface area (TPSA) is 98.5 Å². The van der Waals surface area contributed by atoms with Gasteiger partial charge in [0.15, 0.2) is 21.3 Å². The normalized spacial score (nSPS) is 19.1. The molecule has 1 fully saturated rings. The summed E-state index contributed by atoms with van der Waals surface area (Å²) >= 11 is 0. The lowest BCUT2D eigenvalue weighted by Crippen LogP contribution is -2.35. The van der Waals surface area contributed by atoms with Crippen LogP contribution in [0.1, 0.15) is 23.8 Å². The zero-order valence-corrected chi connectivity index (χ0v) is 14.0. The van der Waals surface area contributed by atoms with Gasteiger partial charge in [0.2, 0.25) is 0 Å². The van der Waals surface area contributed by atoms with E-state index in [9.17, 15) is 13.2 Å². The minimum Gasteiger partial charge on any atom is -0.494 e. The van der Waals surface area contributed by atoms with Crippen LogP contribution in [0.4, 0.5) is 0 Å². The molecule has 1 atom stereocenters. The Kier molecular flexibility index (Phi) is 4.57. The Labute approximate surface area is 139 Å². The maximum absolute atomic E-state index is 12.1. The minimum atomic E-state index is -3.04. The van der Waals surface area contributed by atoms with Crippen LogP contribution in [0.25, 0.3) is 11.3 Å². The third-order valence-corrected chi connectivity index (χ3v) is 5.53. The summed E-state index contributed by atoms with van der Waals surface area (Å²) in [6, 6.07) is 8.42. The first-order chi connectivity index (χ1) is 11.5. The Balaban J connectivity index is 1.67. The lowest BCUT2D eigenvalue weighted by atomic mass is 10.1. The van der Waals surface area contributed by atoms with Gasteiger partial charge in [-0.25, -0.2) is 8.42 Å². The Morgan fingerprint density at radius 2 is 2.12 bits per heavy atom. The van der Waals surface area contributed by atoms with E-state index < -0.39 is 15.7 Å². The zero-order chi connectivity index (χ0) is 17.2. The highest BCUT2D eigenvalue weighted by molar-refractivity contribution is 7.91. The molecule has 1 amide bonds. The van der Waals surface area contributed by atoms with Crippen molar-refractivity contribution in [3.63, 3.8) is 0 Å². The van der Waals surface area contributed by atoms with Crippen LogP contribution in [0.3, 0.4) is 0 Å². The fourth-order valence-corrected chi connectivity index (χ4v) is 4.24. The Morgan fingerprint density at radius 3 is 2.75 bits per heavy atom. The van der Waals surface area contributed by atoms with E-state index in [1.54, 1.807) is 0 Å². The highest BCUT2D eigenvalue weighted by atomic mass is 32.2. The SMILES string of the molecule is CCOc1ccc(-c2cc(C(=O)N[C@H]3CCS(=O)(=O)C3)no2)cc1. The van der Waals surface area contributed by atoms with E-state index in [-0.39, 0.29) is 23.2 Å². The molecular weight excluding hydrogens is 332 g/mol. The molecule has 0 bridgehead atoms. The lowest BCUT2D eigenvalue weighted by Gasteiger charge is -2.08. The van der Waals surface area contributed by atoms with Crippen molar-refractivity contribution in [3.05, 3.63) is 36.0 Å². The van der Waals surface area contributed by atoms with Crippen LogP contribution >= 0.6 is 0 Å². The summed E-state index contributed by atoms with van der Waals surface area (Å²) in [7, 11) is -3.04. The standard InChI is InChI=1S/C16H18N2O5S/c1-2-22-13-5-3-11(4-6-13)15-9-14(18-23-15)16(19)17-12-7-8-24(20,21)10-12/h3-6,9,12H,2,7-8,10H2,1H3,(H,17,19)/t12-/m0/s1. The van der Waals surface area contributed by atoms with Crippen LogP contribution in [-0.2, 0) is 9.84 Å². The van der Waals surface area contributed by atoms with Gasteiger partial charge in [0.05, 0.1) is 18.1 Å². The minimum absolute atomic E-state index is 0.0255. The van der Waals surface area contributed by atoms with Crippen molar-refractivity contribution in [1.82, 2.24) is 10.5 Å². The summed E-state index contributed by atoms with van der Waals surface area (Å²) in [6.45, 7) is 2.49. The number of rotatable bonds is 5. The van der Waals surface area contributed by atoms with Gasteiger partial charge in [0, 0.05) is 17.7 Å². The van der Waals surface area contributed by atoms with E-state index in [2.05, 4.69) is 10.5 Å². The van der Waals surface area contributed by atoms with E-state index in [0.29, 0.717) is 18.8 Å². The number of amides is 1. The fraction of sp³-hybridized carbons (Fsp3) is 0.375. The van der Waals surface area contributed by atoms with Crippen LogP contribution in [0.15, 0.2) is 34.9 Å². The van der Waals surface area contributed by atoms with Crippen LogP contribution in [0.5, 0.6) is 5.75 Å². The molecule has 7 nitrogen and oxygen atoms in total. The van der Waals surface area contributed by atoms with Gasteiger partial charge in [-0.1, -0.05) is 5.16 Å². The van der Waals surface area contributed by atoms with Gasteiger partial charge in [-0.2, -0.15) is 0 Å². The van der Waals surface area contributed by atoms with Gasteiger partial charge in [-0.05, 0) is 37.6 Å². The first-order valence-electron chi connectivity index (χ1n) is 7.68. The summed E-state index contributed by atoms with van der Waals surface area (Å²) in [5, 5.41) is 6.44. The van der Waals surface area contributed by atoms with Gasteiger partial charge in [-0.15, -0.1) is 0 Å². The van der Waals surface area contributed by atoms with Crippen molar-refractivity contribution in [2.45, 2.75) is 19.4 Å². The molecule has 2 aromatic rings. The second kappa shape index (κ2) is 6.64. The smallest absolute Gasteiger partial charge is 0.273 e.